The standard InChI is InChI=1S/C13H20O3/c1-15-11(14)12(6-3-7-12)13(8-16-9-13)10-4-2-5-10/h10H,2-9H2,1H3. The van der Waals surface area contributed by atoms with Gasteiger partial charge in [-0.05, 0) is 31.6 Å². The van der Waals surface area contributed by atoms with Crippen LogP contribution in [0.1, 0.15) is 38.5 Å². The monoisotopic (exact) mass is 224 g/mol. The largest absolute Gasteiger partial charge is 0.469 e. The molecule has 3 nitrogen and oxygen atoms in total. The summed E-state index contributed by atoms with van der Waals surface area (Å²) in [6, 6.07) is 0. The van der Waals surface area contributed by atoms with E-state index in [1.54, 1.807) is 0 Å². The van der Waals surface area contributed by atoms with E-state index >= 15 is 0 Å². The zero-order valence-electron chi connectivity index (χ0n) is 9.96. The fourth-order valence-electron chi connectivity index (χ4n) is 3.82. The lowest BCUT2D eigenvalue weighted by molar-refractivity contribution is -0.255. The van der Waals surface area contributed by atoms with E-state index in [4.69, 9.17) is 9.47 Å². The van der Waals surface area contributed by atoms with Crippen LogP contribution in [0.3, 0.4) is 0 Å². The molecule has 0 spiro atoms. The summed E-state index contributed by atoms with van der Waals surface area (Å²) in [7, 11) is 1.52. The molecule has 3 heteroatoms. The van der Waals surface area contributed by atoms with Crippen LogP contribution in [0.2, 0.25) is 0 Å². The Hall–Kier alpha value is -0.570. The number of carbonyl (C=O) groups is 1. The minimum atomic E-state index is -0.189. The minimum absolute atomic E-state index is 0.0222. The Labute approximate surface area is 96.5 Å². The first-order valence-electron chi connectivity index (χ1n) is 6.41. The van der Waals surface area contributed by atoms with Gasteiger partial charge in [-0.3, -0.25) is 4.79 Å². The first-order chi connectivity index (χ1) is 7.75. The van der Waals surface area contributed by atoms with Crippen molar-refractivity contribution in [3.05, 3.63) is 0 Å². The summed E-state index contributed by atoms with van der Waals surface area (Å²) in [5.74, 6) is 0.731. The van der Waals surface area contributed by atoms with Crippen molar-refractivity contribution in [3.63, 3.8) is 0 Å². The molecule has 90 valence electrons. The van der Waals surface area contributed by atoms with E-state index in [1.807, 2.05) is 0 Å². The van der Waals surface area contributed by atoms with Gasteiger partial charge in [-0.1, -0.05) is 12.8 Å². The third-order valence-corrected chi connectivity index (χ3v) is 5.34. The first-order valence-corrected chi connectivity index (χ1v) is 6.41. The average Bonchev–Trinajstić information content (AvgIpc) is 2.08. The van der Waals surface area contributed by atoms with Crippen LogP contribution in [0.5, 0.6) is 0 Å². The molecule has 3 aliphatic rings. The fraction of sp³-hybridized carbons (Fsp3) is 0.923. The van der Waals surface area contributed by atoms with Crippen molar-refractivity contribution in [1.82, 2.24) is 0 Å². The highest BCUT2D eigenvalue weighted by Gasteiger charge is 2.67. The number of hydrogen-bond acceptors (Lipinski definition) is 3. The van der Waals surface area contributed by atoms with Gasteiger partial charge < -0.3 is 9.47 Å². The summed E-state index contributed by atoms with van der Waals surface area (Å²) < 4.78 is 10.5. The quantitative estimate of drug-likeness (QED) is 0.689. The predicted molar refractivity (Wildman–Crippen MR) is 58.9 cm³/mol. The van der Waals surface area contributed by atoms with Crippen molar-refractivity contribution in [1.29, 1.82) is 0 Å². The molecule has 0 bridgehead atoms. The van der Waals surface area contributed by atoms with Crippen LogP contribution in [-0.4, -0.2) is 26.3 Å². The maximum Gasteiger partial charge on any atom is 0.312 e. The topological polar surface area (TPSA) is 35.5 Å². The Kier molecular flexibility index (Phi) is 2.29. The molecule has 3 fully saturated rings. The molecule has 0 aromatic rings. The highest BCUT2D eigenvalue weighted by Crippen LogP contribution is 2.64. The summed E-state index contributed by atoms with van der Waals surface area (Å²) in [5, 5.41) is 0. The lowest BCUT2D eigenvalue weighted by Crippen LogP contribution is -2.66. The molecule has 2 aliphatic carbocycles. The molecule has 0 aromatic carbocycles. The lowest BCUT2D eigenvalue weighted by Gasteiger charge is -2.63. The second-order valence-electron chi connectivity index (χ2n) is 5.70. The number of carbonyl (C=O) groups excluding carboxylic acids is 1. The zero-order valence-corrected chi connectivity index (χ0v) is 9.96. The minimum Gasteiger partial charge on any atom is -0.469 e. The Morgan fingerprint density at radius 1 is 1.25 bits per heavy atom. The molecular formula is C13H20O3. The molecule has 16 heavy (non-hydrogen) atoms. The molecule has 1 aliphatic heterocycles. The van der Waals surface area contributed by atoms with Crippen molar-refractivity contribution in [2.75, 3.05) is 20.3 Å². The third kappa shape index (κ3) is 1.05. The van der Waals surface area contributed by atoms with Gasteiger partial charge >= 0.3 is 5.97 Å². The van der Waals surface area contributed by atoms with Crippen LogP contribution in [0.4, 0.5) is 0 Å². The molecule has 1 saturated heterocycles. The van der Waals surface area contributed by atoms with Crippen molar-refractivity contribution in [2.24, 2.45) is 16.7 Å². The maximum atomic E-state index is 12.1. The normalized spacial score (nSPS) is 30.8. The highest BCUT2D eigenvalue weighted by atomic mass is 16.5. The van der Waals surface area contributed by atoms with Crippen LogP contribution in [0.15, 0.2) is 0 Å². The van der Waals surface area contributed by atoms with Gasteiger partial charge in [0.25, 0.3) is 0 Å². The summed E-state index contributed by atoms with van der Waals surface area (Å²) in [4.78, 5) is 12.1. The summed E-state index contributed by atoms with van der Waals surface area (Å²) in [5.41, 5.74) is -0.0539. The van der Waals surface area contributed by atoms with Gasteiger partial charge in [0.15, 0.2) is 0 Å². The van der Waals surface area contributed by atoms with Crippen LogP contribution in [0, 0.1) is 16.7 Å². The van der Waals surface area contributed by atoms with Crippen LogP contribution < -0.4 is 0 Å². The summed E-state index contributed by atoms with van der Waals surface area (Å²) in [6.07, 6.45) is 7.08. The maximum absolute atomic E-state index is 12.1. The van der Waals surface area contributed by atoms with E-state index in [9.17, 15) is 4.79 Å². The molecule has 1 heterocycles. The number of methoxy groups -OCH3 is 1. The third-order valence-electron chi connectivity index (χ3n) is 5.34. The molecule has 0 amide bonds. The van der Waals surface area contributed by atoms with Crippen molar-refractivity contribution < 1.29 is 14.3 Å². The molecule has 3 rings (SSSR count). The van der Waals surface area contributed by atoms with E-state index in [-0.39, 0.29) is 16.8 Å². The number of ether oxygens (including phenoxy) is 2. The fourth-order valence-corrected chi connectivity index (χ4v) is 3.82. The van der Waals surface area contributed by atoms with Gasteiger partial charge in [-0.25, -0.2) is 0 Å². The van der Waals surface area contributed by atoms with E-state index in [2.05, 4.69) is 0 Å². The molecule has 0 atom stereocenters. The van der Waals surface area contributed by atoms with Gasteiger partial charge in [0, 0.05) is 5.41 Å². The molecular weight excluding hydrogens is 204 g/mol. The van der Waals surface area contributed by atoms with Gasteiger partial charge in [0.1, 0.15) is 0 Å². The van der Waals surface area contributed by atoms with Crippen molar-refractivity contribution in [3.8, 4) is 0 Å². The Balaban J connectivity index is 1.89. The van der Waals surface area contributed by atoms with Crippen LogP contribution in [-0.2, 0) is 14.3 Å². The number of hydrogen-bond donors (Lipinski definition) is 0. The van der Waals surface area contributed by atoms with E-state index in [0.29, 0.717) is 5.92 Å². The Bertz CT molecular complexity index is 298. The molecule has 0 aromatic heterocycles. The zero-order chi connectivity index (χ0) is 11.2. The van der Waals surface area contributed by atoms with Crippen LogP contribution in [0.25, 0.3) is 0 Å². The number of rotatable bonds is 3. The molecule has 0 N–H and O–H groups in total. The highest BCUT2D eigenvalue weighted by molar-refractivity contribution is 5.79. The Morgan fingerprint density at radius 2 is 1.94 bits per heavy atom. The number of esters is 1. The lowest BCUT2D eigenvalue weighted by atomic mass is 9.45. The predicted octanol–water partition coefficient (Wildman–Crippen LogP) is 2.15. The van der Waals surface area contributed by atoms with Gasteiger partial charge in [-0.2, -0.15) is 0 Å². The molecule has 0 radical (unpaired) electrons. The van der Waals surface area contributed by atoms with E-state index in [0.717, 1.165) is 26.1 Å². The second-order valence-corrected chi connectivity index (χ2v) is 5.70. The van der Waals surface area contributed by atoms with Gasteiger partial charge in [0.2, 0.25) is 0 Å². The van der Waals surface area contributed by atoms with Gasteiger partial charge in [-0.15, -0.1) is 0 Å². The SMILES string of the molecule is COC(=O)C1(C2(C3CCC3)COC2)CCC1. The average molecular weight is 224 g/mol. The van der Waals surface area contributed by atoms with Gasteiger partial charge in [0.05, 0.1) is 25.7 Å². The summed E-state index contributed by atoms with van der Waals surface area (Å²) >= 11 is 0. The summed E-state index contributed by atoms with van der Waals surface area (Å²) in [6.45, 7) is 1.57. The van der Waals surface area contributed by atoms with E-state index < -0.39 is 0 Å². The van der Waals surface area contributed by atoms with Crippen molar-refractivity contribution in [2.45, 2.75) is 38.5 Å². The van der Waals surface area contributed by atoms with Crippen molar-refractivity contribution >= 4 is 5.97 Å². The van der Waals surface area contributed by atoms with E-state index in [1.165, 1.54) is 32.8 Å². The Morgan fingerprint density at radius 3 is 2.19 bits per heavy atom. The second kappa shape index (κ2) is 3.46. The molecule has 2 saturated carbocycles. The first kappa shape index (κ1) is 10.6. The molecule has 0 unspecified atom stereocenters. The smallest absolute Gasteiger partial charge is 0.312 e. The van der Waals surface area contributed by atoms with Crippen LogP contribution >= 0.6 is 0 Å².